The van der Waals surface area contributed by atoms with Gasteiger partial charge in [-0.15, -0.1) is 0 Å². The second-order valence-corrected chi connectivity index (χ2v) is 4.50. The van der Waals surface area contributed by atoms with E-state index < -0.39 is 11.6 Å². The highest BCUT2D eigenvalue weighted by atomic mass is 19.1. The fourth-order valence-corrected chi connectivity index (χ4v) is 1.66. The van der Waals surface area contributed by atoms with Gasteiger partial charge in [-0.2, -0.15) is 0 Å². The van der Waals surface area contributed by atoms with Crippen molar-refractivity contribution in [2.24, 2.45) is 5.92 Å². The second kappa shape index (κ2) is 6.07. The number of halogens is 2. The fraction of sp³-hybridized carbons (Fsp3) is 0.538. The zero-order valence-corrected chi connectivity index (χ0v) is 10.4. The normalized spacial score (nSPS) is 16.6. The highest BCUT2D eigenvalue weighted by Gasteiger charge is 2.17. The Labute approximate surface area is 101 Å². The van der Waals surface area contributed by atoms with E-state index in [0.717, 1.165) is 6.07 Å². The van der Waals surface area contributed by atoms with E-state index in [1.165, 1.54) is 12.1 Å². The first-order chi connectivity index (χ1) is 7.95. The Morgan fingerprint density at radius 1 is 1.24 bits per heavy atom. The van der Waals surface area contributed by atoms with Gasteiger partial charge < -0.3 is 10.4 Å². The van der Waals surface area contributed by atoms with Gasteiger partial charge in [0.05, 0.1) is 0 Å². The molecular weight excluding hydrogens is 224 g/mol. The standard InChI is InChI=1S/C13H19F2NO/c1-8(7-17)9(2)16-10(3)12-5-4-11(14)6-13(12)15/h4-6,8-10,16-17H,7H2,1-3H3. The van der Waals surface area contributed by atoms with Gasteiger partial charge in [0.2, 0.25) is 0 Å². The van der Waals surface area contributed by atoms with Gasteiger partial charge in [0.15, 0.2) is 0 Å². The molecule has 2 nitrogen and oxygen atoms in total. The Bertz CT molecular complexity index is 370. The van der Waals surface area contributed by atoms with E-state index in [1.54, 1.807) is 0 Å². The SMILES string of the molecule is CC(NC(C)C(C)CO)c1ccc(F)cc1F. The van der Waals surface area contributed by atoms with Gasteiger partial charge >= 0.3 is 0 Å². The third kappa shape index (κ3) is 3.75. The van der Waals surface area contributed by atoms with Gasteiger partial charge in [-0.25, -0.2) is 8.78 Å². The first-order valence-electron chi connectivity index (χ1n) is 5.77. The van der Waals surface area contributed by atoms with E-state index in [4.69, 9.17) is 5.11 Å². The van der Waals surface area contributed by atoms with Crippen molar-refractivity contribution in [1.29, 1.82) is 0 Å². The van der Waals surface area contributed by atoms with Crippen LogP contribution in [0, 0.1) is 17.6 Å². The summed E-state index contributed by atoms with van der Waals surface area (Å²) in [5.74, 6) is -1.04. The largest absolute Gasteiger partial charge is 0.396 e. The number of hydrogen-bond donors (Lipinski definition) is 2. The summed E-state index contributed by atoms with van der Waals surface area (Å²) in [5.41, 5.74) is 0.434. The molecule has 0 aliphatic carbocycles. The lowest BCUT2D eigenvalue weighted by atomic mass is 10.0. The van der Waals surface area contributed by atoms with Crippen LogP contribution in [0.15, 0.2) is 18.2 Å². The predicted octanol–water partition coefficient (Wildman–Crippen LogP) is 2.63. The molecule has 3 unspecified atom stereocenters. The number of nitrogens with one attached hydrogen (secondary N) is 1. The lowest BCUT2D eigenvalue weighted by molar-refractivity contribution is 0.202. The summed E-state index contributed by atoms with van der Waals surface area (Å²) in [7, 11) is 0. The maximum Gasteiger partial charge on any atom is 0.130 e. The first-order valence-corrected chi connectivity index (χ1v) is 5.77. The van der Waals surface area contributed by atoms with Gasteiger partial charge in [0, 0.05) is 30.3 Å². The fourth-order valence-electron chi connectivity index (χ4n) is 1.66. The molecule has 2 N–H and O–H groups in total. The second-order valence-electron chi connectivity index (χ2n) is 4.50. The minimum atomic E-state index is -0.574. The minimum Gasteiger partial charge on any atom is -0.396 e. The number of aliphatic hydroxyl groups is 1. The van der Waals surface area contributed by atoms with Crippen molar-refractivity contribution in [3.05, 3.63) is 35.4 Å². The van der Waals surface area contributed by atoms with Gasteiger partial charge in [0.1, 0.15) is 11.6 Å². The van der Waals surface area contributed by atoms with Gasteiger partial charge in [-0.05, 0) is 25.8 Å². The molecule has 3 atom stereocenters. The topological polar surface area (TPSA) is 32.3 Å². The molecule has 1 rings (SSSR count). The summed E-state index contributed by atoms with van der Waals surface area (Å²) < 4.78 is 26.3. The van der Waals surface area contributed by atoms with Crippen molar-refractivity contribution < 1.29 is 13.9 Å². The molecule has 0 saturated heterocycles. The molecule has 1 aromatic rings. The maximum absolute atomic E-state index is 13.5. The van der Waals surface area contributed by atoms with E-state index in [1.807, 2.05) is 20.8 Å². The van der Waals surface area contributed by atoms with Crippen LogP contribution in [0.1, 0.15) is 32.4 Å². The van der Waals surface area contributed by atoms with E-state index in [0.29, 0.717) is 5.56 Å². The summed E-state index contributed by atoms with van der Waals surface area (Å²) in [5, 5.41) is 12.2. The van der Waals surface area contributed by atoms with Crippen molar-refractivity contribution >= 4 is 0 Å². The first kappa shape index (κ1) is 14.1. The van der Waals surface area contributed by atoms with E-state index in [-0.39, 0.29) is 24.6 Å². The number of aliphatic hydroxyl groups excluding tert-OH is 1. The zero-order chi connectivity index (χ0) is 13.0. The van der Waals surface area contributed by atoms with Crippen molar-refractivity contribution in [1.82, 2.24) is 5.32 Å². The molecule has 0 amide bonds. The summed E-state index contributed by atoms with van der Waals surface area (Å²) >= 11 is 0. The molecule has 0 saturated carbocycles. The van der Waals surface area contributed by atoms with Crippen LogP contribution in [0.3, 0.4) is 0 Å². The van der Waals surface area contributed by atoms with Crippen molar-refractivity contribution in [3.63, 3.8) is 0 Å². The third-order valence-electron chi connectivity index (χ3n) is 3.08. The summed E-state index contributed by atoms with van der Waals surface area (Å²) in [6, 6.07) is 3.40. The lowest BCUT2D eigenvalue weighted by Gasteiger charge is -2.24. The monoisotopic (exact) mass is 243 g/mol. The third-order valence-corrected chi connectivity index (χ3v) is 3.08. The Morgan fingerprint density at radius 2 is 1.88 bits per heavy atom. The van der Waals surface area contributed by atoms with Gasteiger partial charge in [-0.1, -0.05) is 13.0 Å². The van der Waals surface area contributed by atoms with Crippen LogP contribution < -0.4 is 5.32 Å². The quantitative estimate of drug-likeness (QED) is 0.833. The molecule has 0 bridgehead atoms. The minimum absolute atomic E-state index is 0.0550. The Morgan fingerprint density at radius 3 is 2.41 bits per heavy atom. The van der Waals surface area contributed by atoms with Crippen molar-refractivity contribution in [2.75, 3.05) is 6.61 Å². The van der Waals surface area contributed by atoms with Crippen LogP contribution in [-0.2, 0) is 0 Å². The highest BCUT2D eigenvalue weighted by molar-refractivity contribution is 5.21. The average molecular weight is 243 g/mol. The average Bonchev–Trinajstić information content (AvgIpc) is 2.27. The molecule has 0 heterocycles. The molecule has 17 heavy (non-hydrogen) atoms. The van der Waals surface area contributed by atoms with E-state index in [2.05, 4.69) is 5.32 Å². The lowest BCUT2D eigenvalue weighted by Crippen LogP contribution is -2.36. The molecular formula is C13H19F2NO. The van der Waals surface area contributed by atoms with Crippen LogP contribution in [0.4, 0.5) is 8.78 Å². The summed E-state index contributed by atoms with van der Waals surface area (Å²) in [6.07, 6.45) is 0. The Balaban J connectivity index is 2.72. The number of benzene rings is 1. The molecule has 96 valence electrons. The number of rotatable bonds is 5. The molecule has 0 aliphatic rings. The Hall–Kier alpha value is -1.00. The molecule has 1 aromatic carbocycles. The van der Waals surface area contributed by atoms with Crippen LogP contribution in [0.25, 0.3) is 0 Å². The van der Waals surface area contributed by atoms with E-state index >= 15 is 0 Å². The zero-order valence-electron chi connectivity index (χ0n) is 10.4. The summed E-state index contributed by atoms with van der Waals surface area (Å²) in [4.78, 5) is 0. The van der Waals surface area contributed by atoms with E-state index in [9.17, 15) is 8.78 Å². The Kier molecular flexibility index (Phi) is 5.02. The molecule has 0 aliphatic heterocycles. The molecule has 0 radical (unpaired) electrons. The molecule has 0 spiro atoms. The predicted molar refractivity (Wildman–Crippen MR) is 63.6 cm³/mol. The van der Waals surface area contributed by atoms with Crippen molar-refractivity contribution in [3.8, 4) is 0 Å². The van der Waals surface area contributed by atoms with Crippen LogP contribution >= 0.6 is 0 Å². The van der Waals surface area contributed by atoms with Crippen LogP contribution in [0.5, 0.6) is 0 Å². The van der Waals surface area contributed by atoms with Gasteiger partial charge in [0.25, 0.3) is 0 Å². The smallest absolute Gasteiger partial charge is 0.130 e. The van der Waals surface area contributed by atoms with Gasteiger partial charge in [-0.3, -0.25) is 0 Å². The molecule has 0 fully saturated rings. The highest BCUT2D eigenvalue weighted by Crippen LogP contribution is 2.19. The molecule has 4 heteroatoms. The number of hydrogen-bond acceptors (Lipinski definition) is 2. The van der Waals surface area contributed by atoms with Crippen molar-refractivity contribution in [2.45, 2.75) is 32.9 Å². The maximum atomic E-state index is 13.5. The van der Waals surface area contributed by atoms with Crippen LogP contribution in [-0.4, -0.2) is 17.8 Å². The summed E-state index contributed by atoms with van der Waals surface area (Å²) in [6.45, 7) is 5.73. The van der Waals surface area contributed by atoms with Crippen LogP contribution in [0.2, 0.25) is 0 Å². The molecule has 0 aromatic heterocycles.